The summed E-state index contributed by atoms with van der Waals surface area (Å²) < 4.78 is 5.45. The number of nitrogens with zero attached hydrogens (tertiary/aromatic N) is 2. The van der Waals surface area contributed by atoms with Crippen molar-refractivity contribution in [3.05, 3.63) is 35.3 Å². The number of likely N-dealkylation sites (tertiary alicyclic amines) is 1. The largest absolute Gasteiger partial charge is 0.494 e. The first-order chi connectivity index (χ1) is 13.1. The third-order valence-electron chi connectivity index (χ3n) is 4.71. The SMILES string of the molecule is CCOc1ccc(-c2nc(C(=O)N3CCCCC3CCC(=O)O)cs2)cc1. The summed E-state index contributed by atoms with van der Waals surface area (Å²) in [5, 5.41) is 11.5. The number of aromatic nitrogens is 1. The Kier molecular flexibility index (Phi) is 6.45. The summed E-state index contributed by atoms with van der Waals surface area (Å²) in [6.45, 7) is 3.23. The number of rotatable bonds is 7. The first-order valence-electron chi connectivity index (χ1n) is 9.30. The highest BCUT2D eigenvalue weighted by molar-refractivity contribution is 7.13. The minimum atomic E-state index is -0.820. The molecule has 1 atom stereocenters. The van der Waals surface area contributed by atoms with Gasteiger partial charge in [-0.3, -0.25) is 9.59 Å². The van der Waals surface area contributed by atoms with Crippen molar-refractivity contribution in [2.24, 2.45) is 0 Å². The number of piperidine rings is 1. The molecule has 0 radical (unpaired) electrons. The maximum atomic E-state index is 12.9. The van der Waals surface area contributed by atoms with Crippen LogP contribution in [-0.4, -0.2) is 46.1 Å². The van der Waals surface area contributed by atoms with Crippen LogP contribution in [0.25, 0.3) is 10.6 Å². The van der Waals surface area contributed by atoms with Crippen molar-refractivity contribution >= 4 is 23.2 Å². The first kappa shape index (κ1) is 19.4. The van der Waals surface area contributed by atoms with Crippen LogP contribution >= 0.6 is 11.3 Å². The summed E-state index contributed by atoms with van der Waals surface area (Å²) in [6, 6.07) is 7.66. The van der Waals surface area contributed by atoms with E-state index in [1.807, 2.05) is 36.1 Å². The lowest BCUT2D eigenvalue weighted by atomic mass is 9.97. The minimum absolute atomic E-state index is 0.0158. The number of benzene rings is 1. The molecule has 1 aromatic heterocycles. The fourth-order valence-corrected chi connectivity index (χ4v) is 4.17. The van der Waals surface area contributed by atoms with Gasteiger partial charge in [-0.05, 0) is 56.9 Å². The zero-order chi connectivity index (χ0) is 19.2. The molecule has 144 valence electrons. The predicted molar refractivity (Wildman–Crippen MR) is 104 cm³/mol. The Morgan fingerprint density at radius 2 is 2.07 bits per heavy atom. The fraction of sp³-hybridized carbons (Fsp3) is 0.450. The monoisotopic (exact) mass is 388 g/mol. The standard InChI is InChI=1S/C20H24N2O4S/c1-2-26-16-9-6-14(7-10-16)19-21-17(13-27-19)20(25)22-12-4-3-5-15(22)8-11-18(23)24/h6-7,9-10,13,15H,2-5,8,11-12H2,1H3,(H,23,24). The van der Waals surface area contributed by atoms with E-state index < -0.39 is 5.97 Å². The molecule has 0 bridgehead atoms. The molecule has 0 aliphatic carbocycles. The van der Waals surface area contributed by atoms with E-state index in [0.717, 1.165) is 35.6 Å². The molecule has 2 heterocycles. The van der Waals surface area contributed by atoms with Gasteiger partial charge in [0.05, 0.1) is 6.61 Å². The number of ether oxygens (including phenoxy) is 1. The van der Waals surface area contributed by atoms with Gasteiger partial charge in [0.1, 0.15) is 16.5 Å². The van der Waals surface area contributed by atoms with Gasteiger partial charge >= 0.3 is 5.97 Å². The Bertz CT molecular complexity index is 788. The lowest BCUT2D eigenvalue weighted by Crippen LogP contribution is -2.44. The van der Waals surface area contributed by atoms with Gasteiger partial charge in [0, 0.05) is 30.0 Å². The van der Waals surface area contributed by atoms with Crippen LogP contribution in [0.5, 0.6) is 5.75 Å². The molecule has 0 saturated carbocycles. The second kappa shape index (κ2) is 8.99. The number of carbonyl (C=O) groups excluding carboxylic acids is 1. The Morgan fingerprint density at radius 3 is 2.78 bits per heavy atom. The van der Waals surface area contributed by atoms with Crippen molar-refractivity contribution in [1.29, 1.82) is 0 Å². The van der Waals surface area contributed by atoms with Crippen LogP contribution in [0.15, 0.2) is 29.6 Å². The van der Waals surface area contributed by atoms with Crippen LogP contribution in [0.3, 0.4) is 0 Å². The molecule has 7 heteroatoms. The maximum Gasteiger partial charge on any atom is 0.303 e. The molecule has 1 unspecified atom stereocenters. The normalized spacial score (nSPS) is 16.9. The smallest absolute Gasteiger partial charge is 0.303 e. The second-order valence-corrected chi connectivity index (χ2v) is 7.43. The first-order valence-corrected chi connectivity index (χ1v) is 10.2. The van der Waals surface area contributed by atoms with Crippen molar-refractivity contribution < 1.29 is 19.4 Å². The van der Waals surface area contributed by atoms with Crippen LogP contribution in [0.4, 0.5) is 0 Å². The summed E-state index contributed by atoms with van der Waals surface area (Å²) in [5.74, 6) is -0.110. The number of aliphatic carboxylic acids is 1. The Labute approximate surface area is 162 Å². The summed E-state index contributed by atoms with van der Waals surface area (Å²) in [7, 11) is 0. The van der Waals surface area contributed by atoms with E-state index in [4.69, 9.17) is 9.84 Å². The molecule has 2 aromatic rings. The second-order valence-electron chi connectivity index (χ2n) is 6.58. The zero-order valence-corrected chi connectivity index (χ0v) is 16.2. The molecular weight excluding hydrogens is 364 g/mol. The predicted octanol–water partition coefficient (Wildman–Crippen LogP) is 4.07. The highest BCUT2D eigenvalue weighted by Gasteiger charge is 2.29. The molecule has 6 nitrogen and oxygen atoms in total. The highest BCUT2D eigenvalue weighted by atomic mass is 32.1. The molecule has 1 N–H and O–H groups in total. The average molecular weight is 388 g/mol. The third-order valence-corrected chi connectivity index (χ3v) is 5.61. The molecule has 1 aliphatic heterocycles. The maximum absolute atomic E-state index is 12.9. The van der Waals surface area contributed by atoms with Crippen LogP contribution in [0, 0.1) is 0 Å². The molecule has 27 heavy (non-hydrogen) atoms. The summed E-state index contributed by atoms with van der Waals surface area (Å²) in [5.41, 5.74) is 1.38. The van der Waals surface area contributed by atoms with Gasteiger partial charge in [0.2, 0.25) is 0 Å². The van der Waals surface area contributed by atoms with E-state index in [0.29, 0.717) is 25.3 Å². The molecule has 1 aliphatic rings. The highest BCUT2D eigenvalue weighted by Crippen LogP contribution is 2.28. The van der Waals surface area contributed by atoms with Crippen molar-refractivity contribution in [3.63, 3.8) is 0 Å². The molecule has 1 fully saturated rings. The van der Waals surface area contributed by atoms with Crippen molar-refractivity contribution in [1.82, 2.24) is 9.88 Å². The van der Waals surface area contributed by atoms with Gasteiger partial charge in [0.25, 0.3) is 5.91 Å². The third kappa shape index (κ3) is 4.86. The Balaban J connectivity index is 1.72. The topological polar surface area (TPSA) is 79.7 Å². The average Bonchev–Trinajstić information content (AvgIpc) is 3.17. The van der Waals surface area contributed by atoms with Gasteiger partial charge in [-0.2, -0.15) is 0 Å². The van der Waals surface area contributed by atoms with E-state index in [2.05, 4.69) is 4.98 Å². The number of amides is 1. The van der Waals surface area contributed by atoms with Gasteiger partial charge in [-0.15, -0.1) is 11.3 Å². The number of hydrogen-bond acceptors (Lipinski definition) is 5. The molecule has 1 saturated heterocycles. The lowest BCUT2D eigenvalue weighted by Gasteiger charge is -2.35. The van der Waals surface area contributed by atoms with Crippen molar-refractivity contribution in [2.75, 3.05) is 13.2 Å². The van der Waals surface area contributed by atoms with Gasteiger partial charge < -0.3 is 14.7 Å². The molecular formula is C20H24N2O4S. The van der Waals surface area contributed by atoms with E-state index in [1.165, 1.54) is 11.3 Å². The molecule has 0 spiro atoms. The zero-order valence-electron chi connectivity index (χ0n) is 15.4. The minimum Gasteiger partial charge on any atom is -0.494 e. The molecule has 1 aromatic carbocycles. The lowest BCUT2D eigenvalue weighted by molar-refractivity contribution is -0.137. The van der Waals surface area contributed by atoms with E-state index in [-0.39, 0.29) is 18.4 Å². The van der Waals surface area contributed by atoms with Crippen LogP contribution in [-0.2, 0) is 4.79 Å². The molecule has 3 rings (SSSR count). The van der Waals surface area contributed by atoms with Crippen molar-refractivity contribution in [3.8, 4) is 16.3 Å². The van der Waals surface area contributed by atoms with Crippen LogP contribution < -0.4 is 4.74 Å². The van der Waals surface area contributed by atoms with Gasteiger partial charge in [-0.1, -0.05) is 0 Å². The van der Waals surface area contributed by atoms with Gasteiger partial charge in [-0.25, -0.2) is 4.98 Å². The summed E-state index contributed by atoms with van der Waals surface area (Å²) in [4.78, 5) is 30.2. The van der Waals surface area contributed by atoms with Crippen molar-refractivity contribution in [2.45, 2.75) is 45.1 Å². The number of carboxylic acids is 1. The fourth-order valence-electron chi connectivity index (χ4n) is 3.37. The Morgan fingerprint density at radius 1 is 1.30 bits per heavy atom. The van der Waals surface area contributed by atoms with Gasteiger partial charge in [0.15, 0.2) is 0 Å². The van der Waals surface area contributed by atoms with Crippen LogP contribution in [0.1, 0.15) is 49.5 Å². The summed E-state index contributed by atoms with van der Waals surface area (Å²) in [6.07, 6.45) is 3.42. The van der Waals surface area contributed by atoms with Crippen LogP contribution in [0.2, 0.25) is 0 Å². The number of hydrogen-bond donors (Lipinski definition) is 1. The summed E-state index contributed by atoms with van der Waals surface area (Å²) >= 11 is 1.44. The molecule has 1 amide bonds. The van der Waals surface area contributed by atoms with E-state index >= 15 is 0 Å². The Hall–Kier alpha value is -2.41. The van der Waals surface area contributed by atoms with E-state index in [9.17, 15) is 9.59 Å². The van der Waals surface area contributed by atoms with E-state index in [1.54, 1.807) is 5.38 Å². The number of thiazole rings is 1. The quantitative estimate of drug-likeness (QED) is 0.773. The number of carboxylic acid groups (broad SMARTS) is 1. The number of carbonyl (C=O) groups is 2.